The summed E-state index contributed by atoms with van der Waals surface area (Å²) < 4.78 is 0. The van der Waals surface area contributed by atoms with Gasteiger partial charge in [-0.15, -0.1) is 0 Å². The average molecular weight is 163 g/mol. The van der Waals surface area contributed by atoms with Crippen LogP contribution in [0.3, 0.4) is 0 Å². The summed E-state index contributed by atoms with van der Waals surface area (Å²) in [6.07, 6.45) is 0.631. The van der Waals surface area contributed by atoms with Crippen molar-refractivity contribution < 1.29 is 5.11 Å². The van der Waals surface area contributed by atoms with E-state index in [-0.39, 0.29) is 6.04 Å². The van der Waals surface area contributed by atoms with E-state index in [0.717, 1.165) is 11.1 Å². The van der Waals surface area contributed by atoms with Crippen LogP contribution >= 0.6 is 0 Å². The molecule has 0 bridgehead atoms. The molecule has 1 aliphatic carbocycles. The maximum absolute atomic E-state index is 9.94. The van der Waals surface area contributed by atoms with E-state index < -0.39 is 5.60 Å². The molecule has 2 rings (SSSR count). The van der Waals surface area contributed by atoms with E-state index >= 15 is 0 Å². The molecule has 0 radical (unpaired) electrons. The Balaban J connectivity index is 2.58. The third-order valence-corrected chi connectivity index (χ3v) is 2.56. The fraction of sp³-hybridized carbons (Fsp3) is 0.400. The molecule has 2 heteroatoms. The highest BCUT2D eigenvalue weighted by molar-refractivity contribution is 5.39. The number of hydrogen-bond acceptors (Lipinski definition) is 2. The van der Waals surface area contributed by atoms with Gasteiger partial charge in [-0.2, -0.15) is 0 Å². The van der Waals surface area contributed by atoms with Crippen LogP contribution in [-0.2, 0) is 5.60 Å². The van der Waals surface area contributed by atoms with Crippen LogP contribution in [0.4, 0.5) is 0 Å². The Bertz CT molecular complexity index is 306. The Morgan fingerprint density at radius 2 is 2.17 bits per heavy atom. The van der Waals surface area contributed by atoms with Crippen molar-refractivity contribution in [3.63, 3.8) is 0 Å². The zero-order chi connectivity index (χ0) is 8.77. The molecule has 12 heavy (non-hydrogen) atoms. The van der Waals surface area contributed by atoms with Crippen LogP contribution in [-0.4, -0.2) is 5.11 Å². The van der Waals surface area contributed by atoms with Crippen LogP contribution in [0.1, 0.15) is 30.5 Å². The van der Waals surface area contributed by atoms with E-state index in [0.29, 0.717) is 6.42 Å². The van der Waals surface area contributed by atoms with Crippen LogP contribution in [0.2, 0.25) is 0 Å². The molecule has 0 amide bonds. The largest absolute Gasteiger partial charge is 0.385 e. The second-order valence-electron chi connectivity index (χ2n) is 3.67. The van der Waals surface area contributed by atoms with Gasteiger partial charge in [-0.3, -0.25) is 0 Å². The molecule has 3 N–H and O–H groups in total. The summed E-state index contributed by atoms with van der Waals surface area (Å²) in [5.41, 5.74) is 7.21. The standard InChI is InChI=1S/C10H13NO/c1-10(12)6-9(11)7-4-2-3-5-8(7)10/h2-5,9,12H,6,11H2,1H3. The Labute approximate surface area is 72.0 Å². The molecule has 0 saturated carbocycles. The molecule has 0 spiro atoms. The molecule has 0 aromatic heterocycles. The van der Waals surface area contributed by atoms with Gasteiger partial charge in [0.25, 0.3) is 0 Å². The van der Waals surface area contributed by atoms with Gasteiger partial charge < -0.3 is 10.8 Å². The minimum absolute atomic E-state index is 0.00352. The lowest BCUT2D eigenvalue weighted by Crippen LogP contribution is -2.18. The molecule has 0 saturated heterocycles. The average Bonchev–Trinajstić information content (AvgIpc) is 2.25. The third kappa shape index (κ3) is 0.958. The highest BCUT2D eigenvalue weighted by atomic mass is 16.3. The molecular weight excluding hydrogens is 150 g/mol. The van der Waals surface area contributed by atoms with Crippen LogP contribution in [0.15, 0.2) is 24.3 Å². The topological polar surface area (TPSA) is 46.2 Å². The van der Waals surface area contributed by atoms with Crippen LogP contribution in [0.5, 0.6) is 0 Å². The van der Waals surface area contributed by atoms with Crippen molar-refractivity contribution in [2.45, 2.75) is 25.0 Å². The lowest BCUT2D eigenvalue weighted by Gasteiger charge is -2.16. The first-order valence-corrected chi connectivity index (χ1v) is 4.18. The van der Waals surface area contributed by atoms with Gasteiger partial charge in [0.05, 0.1) is 5.60 Å². The highest BCUT2D eigenvalue weighted by Gasteiger charge is 2.36. The van der Waals surface area contributed by atoms with Crippen molar-refractivity contribution in [3.8, 4) is 0 Å². The number of rotatable bonds is 0. The maximum Gasteiger partial charge on any atom is 0.0889 e. The van der Waals surface area contributed by atoms with Crippen molar-refractivity contribution in [2.75, 3.05) is 0 Å². The summed E-state index contributed by atoms with van der Waals surface area (Å²) in [5, 5.41) is 9.94. The van der Waals surface area contributed by atoms with Crippen LogP contribution in [0.25, 0.3) is 0 Å². The zero-order valence-corrected chi connectivity index (χ0v) is 7.12. The molecule has 64 valence electrons. The van der Waals surface area contributed by atoms with E-state index in [1.807, 2.05) is 31.2 Å². The minimum Gasteiger partial charge on any atom is -0.385 e. The molecule has 1 aromatic rings. The van der Waals surface area contributed by atoms with Gasteiger partial charge in [-0.05, 0) is 24.5 Å². The second-order valence-corrected chi connectivity index (χ2v) is 3.67. The summed E-state index contributed by atoms with van der Waals surface area (Å²) in [4.78, 5) is 0. The fourth-order valence-corrected chi connectivity index (χ4v) is 1.96. The lowest BCUT2D eigenvalue weighted by atomic mass is 9.99. The molecule has 0 heterocycles. The normalized spacial score (nSPS) is 33.4. The number of hydrogen-bond donors (Lipinski definition) is 2. The van der Waals surface area contributed by atoms with E-state index in [4.69, 9.17) is 5.73 Å². The molecule has 2 atom stereocenters. The summed E-state index contributed by atoms with van der Waals surface area (Å²) >= 11 is 0. The highest BCUT2D eigenvalue weighted by Crippen LogP contribution is 2.41. The van der Waals surface area contributed by atoms with Crippen molar-refractivity contribution in [2.24, 2.45) is 5.73 Å². The Morgan fingerprint density at radius 1 is 1.50 bits per heavy atom. The number of nitrogens with two attached hydrogens (primary N) is 1. The minimum atomic E-state index is -0.726. The maximum atomic E-state index is 9.94. The summed E-state index contributed by atoms with van der Waals surface area (Å²) in [6, 6.07) is 7.82. The number of fused-ring (bicyclic) bond motifs is 1. The molecular formula is C10H13NO. The molecule has 2 nitrogen and oxygen atoms in total. The van der Waals surface area contributed by atoms with Gasteiger partial charge in [0.1, 0.15) is 0 Å². The van der Waals surface area contributed by atoms with Crippen molar-refractivity contribution >= 4 is 0 Å². The van der Waals surface area contributed by atoms with Crippen molar-refractivity contribution in [1.29, 1.82) is 0 Å². The van der Waals surface area contributed by atoms with E-state index in [1.54, 1.807) is 0 Å². The fourth-order valence-electron chi connectivity index (χ4n) is 1.96. The Morgan fingerprint density at radius 3 is 2.83 bits per heavy atom. The molecule has 2 unspecified atom stereocenters. The summed E-state index contributed by atoms with van der Waals surface area (Å²) in [5.74, 6) is 0. The van der Waals surface area contributed by atoms with Crippen molar-refractivity contribution in [3.05, 3.63) is 35.4 Å². The Hall–Kier alpha value is -0.860. The summed E-state index contributed by atoms with van der Waals surface area (Å²) in [7, 11) is 0. The first-order valence-electron chi connectivity index (χ1n) is 4.18. The molecule has 1 aromatic carbocycles. The molecule has 1 aliphatic rings. The van der Waals surface area contributed by atoms with Gasteiger partial charge in [0.15, 0.2) is 0 Å². The van der Waals surface area contributed by atoms with Crippen LogP contribution < -0.4 is 5.73 Å². The van der Waals surface area contributed by atoms with Crippen molar-refractivity contribution in [1.82, 2.24) is 0 Å². The quantitative estimate of drug-likeness (QED) is 0.605. The first kappa shape index (κ1) is 7.77. The van der Waals surface area contributed by atoms with Gasteiger partial charge in [-0.25, -0.2) is 0 Å². The van der Waals surface area contributed by atoms with Gasteiger partial charge in [-0.1, -0.05) is 24.3 Å². The second kappa shape index (κ2) is 2.31. The Kier molecular flexibility index (Phi) is 1.50. The number of benzene rings is 1. The molecule has 0 fully saturated rings. The summed E-state index contributed by atoms with van der Waals surface area (Å²) in [6.45, 7) is 1.82. The third-order valence-electron chi connectivity index (χ3n) is 2.56. The first-order chi connectivity index (χ1) is 5.61. The van der Waals surface area contributed by atoms with Gasteiger partial charge in [0.2, 0.25) is 0 Å². The SMILES string of the molecule is CC1(O)CC(N)c2ccccc21. The predicted octanol–water partition coefficient (Wildman–Crippen LogP) is 1.30. The zero-order valence-electron chi connectivity index (χ0n) is 7.12. The van der Waals surface area contributed by atoms with E-state index in [1.165, 1.54) is 0 Å². The monoisotopic (exact) mass is 163 g/mol. The van der Waals surface area contributed by atoms with Gasteiger partial charge in [0, 0.05) is 6.04 Å². The number of aliphatic hydroxyl groups is 1. The van der Waals surface area contributed by atoms with E-state index in [2.05, 4.69) is 0 Å². The lowest BCUT2D eigenvalue weighted by molar-refractivity contribution is 0.0544. The predicted molar refractivity (Wildman–Crippen MR) is 47.6 cm³/mol. The van der Waals surface area contributed by atoms with Crippen LogP contribution in [0, 0.1) is 0 Å². The van der Waals surface area contributed by atoms with E-state index in [9.17, 15) is 5.11 Å². The molecule has 0 aliphatic heterocycles. The van der Waals surface area contributed by atoms with Gasteiger partial charge >= 0.3 is 0 Å². The smallest absolute Gasteiger partial charge is 0.0889 e.